The summed E-state index contributed by atoms with van der Waals surface area (Å²) in [5.41, 5.74) is 8.95. The van der Waals surface area contributed by atoms with Crippen LogP contribution in [0.25, 0.3) is 0 Å². The number of hydrogen-bond acceptors (Lipinski definition) is 8. The lowest BCUT2D eigenvalue weighted by Gasteiger charge is -2.18. The average Bonchev–Trinajstić information content (AvgIpc) is 3.20. The molecule has 0 saturated carbocycles. The predicted octanol–water partition coefficient (Wildman–Crippen LogP) is 2.04. The molecule has 0 unspecified atom stereocenters. The fourth-order valence-electron chi connectivity index (χ4n) is 2.33. The maximum Gasteiger partial charge on any atom is 0.224 e. The fourth-order valence-corrected chi connectivity index (χ4v) is 2.91. The zero-order valence-electron chi connectivity index (χ0n) is 11.9. The maximum absolute atomic E-state index is 9.45. The second kappa shape index (κ2) is 6.41. The van der Waals surface area contributed by atoms with Gasteiger partial charge < -0.3 is 10.6 Å². The molecule has 0 amide bonds. The Morgan fingerprint density at radius 1 is 1.41 bits per heavy atom. The summed E-state index contributed by atoms with van der Waals surface area (Å²) >= 11 is 1.57. The summed E-state index contributed by atoms with van der Waals surface area (Å²) in [6.45, 7) is 1.76. The molecular weight excluding hydrogens is 298 g/mol. The van der Waals surface area contributed by atoms with Gasteiger partial charge in [-0.05, 0) is 24.3 Å². The quantitative estimate of drug-likeness (QED) is 0.661. The highest BCUT2D eigenvalue weighted by atomic mass is 32.1. The summed E-state index contributed by atoms with van der Waals surface area (Å²) in [4.78, 5) is 11.4. The normalized spacial score (nSPS) is 14.4. The largest absolute Gasteiger partial charge is 0.368 e. The van der Waals surface area contributed by atoms with Crippen LogP contribution in [0, 0.1) is 11.3 Å². The molecule has 3 N–H and O–H groups in total. The smallest absolute Gasteiger partial charge is 0.224 e. The molecule has 7 nitrogen and oxygen atoms in total. The van der Waals surface area contributed by atoms with Gasteiger partial charge in [0.25, 0.3) is 0 Å². The predicted molar refractivity (Wildman–Crippen MR) is 88.1 cm³/mol. The van der Waals surface area contributed by atoms with Crippen molar-refractivity contribution in [2.75, 3.05) is 29.1 Å². The first-order chi connectivity index (χ1) is 10.8. The minimum atomic E-state index is 0.134. The van der Waals surface area contributed by atoms with Crippen molar-refractivity contribution >= 4 is 35.1 Å². The number of hydrazone groups is 1. The van der Waals surface area contributed by atoms with Gasteiger partial charge in [0.1, 0.15) is 11.6 Å². The first kappa shape index (κ1) is 14.3. The van der Waals surface area contributed by atoms with Crippen molar-refractivity contribution in [3.63, 3.8) is 0 Å². The van der Waals surface area contributed by atoms with Gasteiger partial charge in [-0.3, -0.25) is 5.43 Å². The van der Waals surface area contributed by atoms with Crippen molar-refractivity contribution in [1.29, 1.82) is 5.26 Å². The van der Waals surface area contributed by atoms with E-state index in [-0.39, 0.29) is 5.95 Å². The summed E-state index contributed by atoms with van der Waals surface area (Å²) in [7, 11) is 0. The Labute approximate surface area is 132 Å². The Hall–Kier alpha value is -2.66. The van der Waals surface area contributed by atoms with Crippen LogP contribution in [0.2, 0.25) is 0 Å². The topological polar surface area (TPSA) is 103 Å². The molecule has 1 saturated heterocycles. The number of nitrogens with one attached hydrogen (secondary N) is 1. The Morgan fingerprint density at radius 3 is 2.91 bits per heavy atom. The van der Waals surface area contributed by atoms with Crippen LogP contribution in [0.5, 0.6) is 0 Å². The van der Waals surface area contributed by atoms with E-state index >= 15 is 0 Å². The molecule has 0 radical (unpaired) electrons. The van der Waals surface area contributed by atoms with Crippen LogP contribution in [-0.4, -0.2) is 29.3 Å². The Kier molecular flexibility index (Phi) is 4.16. The first-order valence-corrected chi connectivity index (χ1v) is 7.81. The Morgan fingerprint density at radius 2 is 2.23 bits per heavy atom. The third-order valence-corrected chi connectivity index (χ3v) is 4.14. The van der Waals surface area contributed by atoms with E-state index in [2.05, 4.69) is 31.5 Å². The summed E-state index contributed by atoms with van der Waals surface area (Å²) < 4.78 is 0. The van der Waals surface area contributed by atoms with Gasteiger partial charge in [0.15, 0.2) is 11.6 Å². The van der Waals surface area contributed by atoms with Gasteiger partial charge in [-0.1, -0.05) is 6.07 Å². The van der Waals surface area contributed by atoms with Crippen LogP contribution >= 0.6 is 11.3 Å². The Balaban J connectivity index is 1.88. The SMILES string of the molecule is N#Cc1c(N/N=C/c2cccs2)nc(N)nc1N1CCCC1. The molecular formula is C14H15N7S. The summed E-state index contributed by atoms with van der Waals surface area (Å²) in [5.74, 6) is 1.06. The lowest BCUT2D eigenvalue weighted by atomic mass is 10.3. The van der Waals surface area contributed by atoms with Crippen LogP contribution in [0.3, 0.4) is 0 Å². The van der Waals surface area contributed by atoms with Gasteiger partial charge in [-0.15, -0.1) is 11.3 Å². The highest BCUT2D eigenvalue weighted by Crippen LogP contribution is 2.27. The van der Waals surface area contributed by atoms with E-state index in [1.165, 1.54) is 0 Å². The number of nitrogens with two attached hydrogens (primary N) is 1. The van der Waals surface area contributed by atoms with E-state index in [0.717, 1.165) is 30.8 Å². The van der Waals surface area contributed by atoms with Crippen molar-refractivity contribution in [2.24, 2.45) is 5.10 Å². The van der Waals surface area contributed by atoms with Gasteiger partial charge >= 0.3 is 0 Å². The standard InChI is InChI=1S/C14H15N7S/c15-8-11-12(20-17-9-10-4-3-7-22-10)18-14(16)19-13(11)21-5-1-2-6-21/h3-4,7,9H,1-2,5-6H2,(H3,16,18,19,20)/b17-9+. The van der Waals surface area contributed by atoms with Crippen LogP contribution < -0.4 is 16.1 Å². The minimum Gasteiger partial charge on any atom is -0.368 e. The first-order valence-electron chi connectivity index (χ1n) is 6.93. The molecule has 0 aromatic carbocycles. The van der Waals surface area contributed by atoms with E-state index in [1.807, 2.05) is 17.5 Å². The molecule has 0 aliphatic carbocycles. The molecule has 1 fully saturated rings. The molecule has 112 valence electrons. The van der Waals surface area contributed by atoms with Gasteiger partial charge in [-0.2, -0.15) is 20.3 Å². The number of nitriles is 1. The van der Waals surface area contributed by atoms with Gasteiger partial charge in [-0.25, -0.2) is 0 Å². The van der Waals surface area contributed by atoms with E-state index in [0.29, 0.717) is 17.2 Å². The lowest BCUT2D eigenvalue weighted by Crippen LogP contribution is -2.22. The molecule has 2 aromatic heterocycles. The summed E-state index contributed by atoms with van der Waals surface area (Å²) in [6.07, 6.45) is 3.86. The second-order valence-corrected chi connectivity index (χ2v) is 5.80. The molecule has 1 aliphatic rings. The fraction of sp³-hybridized carbons (Fsp3) is 0.286. The summed E-state index contributed by atoms with van der Waals surface area (Å²) in [5, 5.41) is 15.5. The monoisotopic (exact) mass is 313 g/mol. The van der Waals surface area contributed by atoms with Crippen LogP contribution in [0.1, 0.15) is 23.3 Å². The van der Waals surface area contributed by atoms with Crippen LogP contribution in [0.15, 0.2) is 22.6 Å². The average molecular weight is 313 g/mol. The molecule has 3 heterocycles. The molecule has 0 spiro atoms. The van der Waals surface area contributed by atoms with E-state index in [9.17, 15) is 5.26 Å². The molecule has 8 heteroatoms. The highest BCUT2D eigenvalue weighted by molar-refractivity contribution is 7.11. The molecule has 22 heavy (non-hydrogen) atoms. The number of hydrogen-bond donors (Lipinski definition) is 2. The molecule has 2 aromatic rings. The molecule has 0 bridgehead atoms. The van der Waals surface area contributed by atoms with E-state index < -0.39 is 0 Å². The van der Waals surface area contributed by atoms with Crippen molar-refractivity contribution in [2.45, 2.75) is 12.8 Å². The van der Waals surface area contributed by atoms with E-state index in [1.54, 1.807) is 17.6 Å². The van der Waals surface area contributed by atoms with Gasteiger partial charge in [0.05, 0.1) is 6.21 Å². The zero-order valence-corrected chi connectivity index (χ0v) is 12.7. The van der Waals surface area contributed by atoms with Gasteiger partial charge in [0.2, 0.25) is 5.95 Å². The lowest BCUT2D eigenvalue weighted by molar-refractivity contribution is 0.926. The number of thiophene rings is 1. The van der Waals surface area contributed by atoms with Crippen LogP contribution in [-0.2, 0) is 0 Å². The van der Waals surface area contributed by atoms with E-state index in [4.69, 9.17) is 5.73 Å². The zero-order chi connectivity index (χ0) is 15.4. The van der Waals surface area contributed by atoms with Crippen molar-refractivity contribution in [3.8, 4) is 6.07 Å². The van der Waals surface area contributed by atoms with Crippen molar-refractivity contribution < 1.29 is 0 Å². The number of nitrogen functional groups attached to an aromatic ring is 1. The Bertz CT molecular complexity index is 712. The van der Waals surface area contributed by atoms with Crippen molar-refractivity contribution in [3.05, 3.63) is 28.0 Å². The molecule has 0 atom stereocenters. The maximum atomic E-state index is 9.45. The molecule has 3 rings (SSSR count). The number of anilines is 3. The number of nitrogens with zero attached hydrogens (tertiary/aromatic N) is 5. The number of rotatable bonds is 4. The molecule has 1 aliphatic heterocycles. The number of aromatic nitrogens is 2. The summed E-state index contributed by atoms with van der Waals surface area (Å²) in [6, 6.07) is 6.05. The van der Waals surface area contributed by atoms with Crippen molar-refractivity contribution in [1.82, 2.24) is 9.97 Å². The van der Waals surface area contributed by atoms with Crippen LogP contribution in [0.4, 0.5) is 17.6 Å². The highest BCUT2D eigenvalue weighted by Gasteiger charge is 2.21. The minimum absolute atomic E-state index is 0.134. The second-order valence-electron chi connectivity index (χ2n) is 4.82. The van der Waals surface area contributed by atoms with Gasteiger partial charge in [0, 0.05) is 18.0 Å². The third kappa shape index (κ3) is 2.99. The third-order valence-electron chi connectivity index (χ3n) is 3.33.